The van der Waals surface area contributed by atoms with Gasteiger partial charge in [-0.2, -0.15) is 4.31 Å². The summed E-state index contributed by atoms with van der Waals surface area (Å²) in [4.78, 5) is 27.3. The van der Waals surface area contributed by atoms with Gasteiger partial charge in [0.15, 0.2) is 0 Å². The van der Waals surface area contributed by atoms with E-state index in [1.807, 2.05) is 6.92 Å². The van der Waals surface area contributed by atoms with E-state index in [4.69, 9.17) is 9.79 Å². The molecule has 0 aromatic rings. The molecule has 90 valence electrons. The number of unbranched alkanes of at least 4 members (excludes halogenated alkanes) is 1. The van der Waals surface area contributed by atoms with Gasteiger partial charge in [0.25, 0.3) is 0 Å². The summed E-state index contributed by atoms with van der Waals surface area (Å²) in [6, 6.07) is 0. The van der Waals surface area contributed by atoms with Crippen LogP contribution in [0.15, 0.2) is 0 Å². The Kier molecular flexibility index (Phi) is 6.28. The van der Waals surface area contributed by atoms with Gasteiger partial charge in [-0.1, -0.05) is 13.3 Å². The Hall–Kier alpha value is -0.230. The predicted molar refractivity (Wildman–Crippen MR) is 48.7 cm³/mol. The second kappa shape index (κ2) is 6.37. The Morgan fingerprint density at radius 2 is 1.87 bits per heavy atom. The van der Waals surface area contributed by atoms with Crippen molar-refractivity contribution < 1.29 is 37.1 Å². The Balaban J connectivity index is 4.18. The van der Waals surface area contributed by atoms with E-state index < -0.39 is 15.6 Å². The van der Waals surface area contributed by atoms with Crippen LogP contribution in [0.4, 0.5) is 0 Å². The molecule has 0 aromatic heterocycles. The van der Waals surface area contributed by atoms with Crippen molar-refractivity contribution in [2.75, 3.05) is 6.61 Å². The highest BCUT2D eigenvalue weighted by atomic mass is 31.3. The molecule has 0 fully saturated rings. The quantitative estimate of drug-likeness (QED) is 0.380. The lowest BCUT2D eigenvalue weighted by Gasteiger charge is -2.13. The summed E-state index contributed by atoms with van der Waals surface area (Å²) in [6.07, 6.45) is 1.19. The monoisotopic (exact) mass is 262 g/mol. The van der Waals surface area contributed by atoms with Gasteiger partial charge in [-0.15, -0.1) is 0 Å². The number of rotatable bonds is 8. The minimum Gasteiger partial charge on any atom is -0.373 e. The van der Waals surface area contributed by atoms with E-state index in [-0.39, 0.29) is 13.1 Å². The fourth-order valence-electron chi connectivity index (χ4n) is 0.552. The van der Waals surface area contributed by atoms with Gasteiger partial charge < -0.3 is 9.42 Å². The molecule has 0 aromatic carbocycles. The third kappa shape index (κ3) is 7.67. The van der Waals surface area contributed by atoms with Gasteiger partial charge in [0.2, 0.25) is 0 Å². The molecule has 10 heteroatoms. The van der Waals surface area contributed by atoms with E-state index in [1.54, 1.807) is 0 Å². The van der Waals surface area contributed by atoms with Crippen molar-refractivity contribution in [1.29, 1.82) is 0 Å². The van der Waals surface area contributed by atoms with Crippen LogP contribution in [0.2, 0.25) is 0 Å². The zero-order chi connectivity index (χ0) is 11.9. The maximum absolute atomic E-state index is 11.0. The third-order valence-corrected chi connectivity index (χ3v) is 3.65. The lowest BCUT2D eigenvalue weighted by molar-refractivity contribution is -0.121. The first-order chi connectivity index (χ1) is 6.83. The van der Waals surface area contributed by atoms with E-state index in [2.05, 4.69) is 13.4 Å². The summed E-state index contributed by atoms with van der Waals surface area (Å²) in [6.45, 7) is 1.34. The molecule has 0 bridgehead atoms. The fraction of sp³-hybridized carbons (Fsp3) is 0.800. The van der Waals surface area contributed by atoms with Crippen LogP contribution in [-0.2, 0) is 27.3 Å². The van der Waals surface area contributed by atoms with Gasteiger partial charge in [0, 0.05) is 0 Å². The van der Waals surface area contributed by atoms with Crippen LogP contribution in [0.5, 0.6) is 0 Å². The molecule has 0 aliphatic rings. The molecule has 0 spiro atoms. The molecule has 0 aliphatic heterocycles. The zero-order valence-electron chi connectivity index (χ0n) is 7.94. The number of carbonyl (C=O) groups excluding carboxylic acids is 1. The molecule has 0 radical (unpaired) electrons. The van der Waals surface area contributed by atoms with Gasteiger partial charge in [-0.05, 0) is 6.42 Å². The second-order valence-electron chi connectivity index (χ2n) is 2.41. The van der Waals surface area contributed by atoms with Gasteiger partial charge in [0.1, 0.15) is 0 Å². The fourth-order valence-corrected chi connectivity index (χ4v) is 2.41. The molecular weight excluding hydrogens is 250 g/mol. The van der Waals surface area contributed by atoms with E-state index in [0.29, 0.717) is 12.8 Å². The second-order valence-corrected chi connectivity index (χ2v) is 5.40. The van der Waals surface area contributed by atoms with Crippen LogP contribution in [0, 0.1) is 0 Å². The zero-order valence-corrected chi connectivity index (χ0v) is 9.73. The summed E-state index contributed by atoms with van der Waals surface area (Å²) in [7, 11) is -9.54. The van der Waals surface area contributed by atoms with Crippen LogP contribution in [0.1, 0.15) is 19.8 Å². The SMILES string of the molecule is CCCCOP(=O)(O)OP(=O)(O)OC=O. The molecule has 0 amide bonds. The lowest BCUT2D eigenvalue weighted by atomic mass is 10.4. The highest BCUT2D eigenvalue weighted by Crippen LogP contribution is 2.60. The molecule has 2 atom stereocenters. The summed E-state index contributed by atoms with van der Waals surface area (Å²) in [5.74, 6) is 0. The first kappa shape index (κ1) is 14.8. The van der Waals surface area contributed by atoms with E-state index in [9.17, 15) is 13.9 Å². The van der Waals surface area contributed by atoms with Crippen LogP contribution in [0.3, 0.4) is 0 Å². The van der Waals surface area contributed by atoms with Crippen LogP contribution in [0.25, 0.3) is 0 Å². The van der Waals surface area contributed by atoms with Crippen molar-refractivity contribution in [2.45, 2.75) is 19.8 Å². The maximum atomic E-state index is 11.0. The molecule has 0 rings (SSSR count). The minimum absolute atomic E-state index is 0.106. The largest absolute Gasteiger partial charge is 0.538 e. The summed E-state index contributed by atoms with van der Waals surface area (Å²) < 4.78 is 33.3. The van der Waals surface area contributed by atoms with Gasteiger partial charge in [0.05, 0.1) is 6.61 Å². The number of phosphoric acid groups is 2. The normalized spacial score (nSPS) is 18.9. The molecule has 2 N–H and O–H groups in total. The summed E-state index contributed by atoms with van der Waals surface area (Å²) in [5, 5.41) is 0. The van der Waals surface area contributed by atoms with Gasteiger partial charge >= 0.3 is 22.1 Å². The first-order valence-corrected chi connectivity index (χ1v) is 6.95. The average Bonchev–Trinajstić information content (AvgIpc) is 2.01. The van der Waals surface area contributed by atoms with E-state index in [1.165, 1.54) is 0 Å². The smallest absolute Gasteiger partial charge is 0.373 e. The Morgan fingerprint density at radius 1 is 1.27 bits per heavy atom. The average molecular weight is 262 g/mol. The molecular formula is C5H12O8P2. The molecule has 0 saturated carbocycles. The van der Waals surface area contributed by atoms with Crippen molar-refractivity contribution >= 4 is 22.1 Å². The topological polar surface area (TPSA) is 119 Å². The van der Waals surface area contributed by atoms with Crippen LogP contribution in [-0.4, -0.2) is 22.9 Å². The van der Waals surface area contributed by atoms with E-state index >= 15 is 0 Å². The van der Waals surface area contributed by atoms with Crippen molar-refractivity contribution in [2.24, 2.45) is 0 Å². The lowest BCUT2D eigenvalue weighted by Crippen LogP contribution is -1.97. The predicted octanol–water partition coefficient (Wildman–Crippen LogP) is 1.19. The van der Waals surface area contributed by atoms with Gasteiger partial charge in [-0.3, -0.25) is 14.2 Å². The summed E-state index contributed by atoms with van der Waals surface area (Å²) >= 11 is 0. The molecule has 8 nitrogen and oxygen atoms in total. The number of hydrogen-bond acceptors (Lipinski definition) is 6. The third-order valence-electron chi connectivity index (χ3n) is 1.13. The van der Waals surface area contributed by atoms with Gasteiger partial charge in [-0.25, -0.2) is 9.13 Å². The van der Waals surface area contributed by atoms with Crippen LogP contribution < -0.4 is 0 Å². The van der Waals surface area contributed by atoms with E-state index in [0.717, 1.165) is 0 Å². The standard InChI is InChI=1S/C5H12O8P2/c1-2-3-4-11-14(7,8)13-15(9,10)12-5-6/h5H,2-4H2,1H3,(H,7,8)(H,9,10). The molecule has 15 heavy (non-hydrogen) atoms. The molecule has 0 heterocycles. The maximum Gasteiger partial charge on any atom is 0.538 e. The Labute approximate surface area is 86.4 Å². The molecule has 0 aliphatic carbocycles. The van der Waals surface area contributed by atoms with Crippen molar-refractivity contribution in [3.8, 4) is 0 Å². The molecule has 2 unspecified atom stereocenters. The summed E-state index contributed by atoms with van der Waals surface area (Å²) in [5.41, 5.74) is 0. The molecule has 0 saturated heterocycles. The van der Waals surface area contributed by atoms with Crippen molar-refractivity contribution in [3.63, 3.8) is 0 Å². The first-order valence-electron chi connectivity index (χ1n) is 3.96. The highest BCUT2D eigenvalue weighted by Gasteiger charge is 2.35. The number of phosphoric ester groups is 2. The Morgan fingerprint density at radius 3 is 2.33 bits per heavy atom. The highest BCUT2D eigenvalue weighted by molar-refractivity contribution is 7.61. The minimum atomic E-state index is -4.87. The van der Waals surface area contributed by atoms with Crippen molar-refractivity contribution in [1.82, 2.24) is 0 Å². The Bertz CT molecular complexity index is 289. The van der Waals surface area contributed by atoms with Crippen molar-refractivity contribution in [3.05, 3.63) is 0 Å². The van der Waals surface area contributed by atoms with Crippen LogP contribution >= 0.6 is 15.6 Å². The number of hydrogen-bond donors (Lipinski definition) is 2. The number of carbonyl (C=O) groups is 1.